The lowest BCUT2D eigenvalue weighted by Crippen LogP contribution is -2.32. The molecule has 3 nitrogen and oxygen atoms in total. The molecule has 1 unspecified atom stereocenters. The molecule has 0 radical (unpaired) electrons. The van der Waals surface area contributed by atoms with E-state index < -0.39 is 17.5 Å². The fourth-order valence-corrected chi connectivity index (χ4v) is 2.33. The Morgan fingerprint density at radius 3 is 2.41 bits per heavy atom. The highest BCUT2D eigenvalue weighted by Crippen LogP contribution is 2.22. The third-order valence-corrected chi connectivity index (χ3v) is 3.48. The van der Waals surface area contributed by atoms with Gasteiger partial charge in [0.1, 0.15) is 17.3 Å². The monoisotopic (exact) mass is 324 g/mol. The zero-order chi connectivity index (χ0) is 16.1. The van der Waals surface area contributed by atoms with Crippen LogP contribution in [-0.4, -0.2) is 12.5 Å². The second-order valence-corrected chi connectivity index (χ2v) is 5.17. The molecule has 0 aliphatic carbocycles. The van der Waals surface area contributed by atoms with Crippen LogP contribution >= 0.6 is 11.6 Å². The number of halogens is 3. The highest BCUT2D eigenvalue weighted by molar-refractivity contribution is 6.31. The van der Waals surface area contributed by atoms with E-state index in [1.54, 1.807) is 25.1 Å². The minimum absolute atomic E-state index is 0.243. The molecule has 6 heteroatoms. The predicted molar refractivity (Wildman–Crippen MR) is 82.9 cm³/mol. The number of rotatable bonds is 5. The maximum absolute atomic E-state index is 13.4. The van der Waals surface area contributed by atoms with Crippen LogP contribution in [0.5, 0.6) is 0 Å². The van der Waals surface area contributed by atoms with Crippen LogP contribution < -0.4 is 10.6 Å². The number of carbonyl (C=O) groups is 1. The van der Waals surface area contributed by atoms with Gasteiger partial charge in [-0.2, -0.15) is 0 Å². The number of benzene rings is 2. The third-order valence-electron chi connectivity index (χ3n) is 3.14. The molecule has 1 atom stereocenters. The molecule has 0 aromatic heterocycles. The number of carbonyl (C=O) groups excluding carboxylic acids is 1. The zero-order valence-electron chi connectivity index (χ0n) is 11.9. The number of amides is 1. The fraction of sp³-hybridized carbons (Fsp3) is 0.188. The smallest absolute Gasteiger partial charge is 0.239 e. The van der Waals surface area contributed by atoms with Gasteiger partial charge >= 0.3 is 0 Å². The lowest BCUT2D eigenvalue weighted by molar-refractivity contribution is -0.120. The van der Waals surface area contributed by atoms with Gasteiger partial charge < -0.3 is 10.6 Å². The first kappa shape index (κ1) is 16.2. The number of anilines is 1. The van der Waals surface area contributed by atoms with Crippen molar-refractivity contribution in [3.05, 3.63) is 64.7 Å². The normalized spacial score (nSPS) is 11.8. The lowest BCUT2D eigenvalue weighted by atomic mass is 10.1. The maximum Gasteiger partial charge on any atom is 0.239 e. The van der Waals surface area contributed by atoms with Crippen LogP contribution in [0.1, 0.15) is 18.5 Å². The summed E-state index contributed by atoms with van der Waals surface area (Å²) in [5.41, 5.74) is 0.456. The molecule has 2 aromatic rings. The Bertz CT molecular complexity index is 659. The van der Waals surface area contributed by atoms with Crippen molar-refractivity contribution >= 4 is 23.2 Å². The van der Waals surface area contributed by atoms with Gasteiger partial charge in [0.2, 0.25) is 5.91 Å². The number of nitrogens with one attached hydrogen (secondary N) is 2. The van der Waals surface area contributed by atoms with Gasteiger partial charge in [0, 0.05) is 5.02 Å². The molecule has 0 bridgehead atoms. The molecule has 2 N–H and O–H groups in total. The zero-order valence-corrected chi connectivity index (χ0v) is 12.6. The van der Waals surface area contributed by atoms with Gasteiger partial charge in [0.05, 0.1) is 12.6 Å². The Hall–Kier alpha value is -2.14. The van der Waals surface area contributed by atoms with E-state index in [9.17, 15) is 13.6 Å². The van der Waals surface area contributed by atoms with E-state index in [0.717, 1.165) is 17.7 Å². The van der Waals surface area contributed by atoms with E-state index in [2.05, 4.69) is 10.6 Å². The maximum atomic E-state index is 13.4. The summed E-state index contributed by atoms with van der Waals surface area (Å²) in [5.74, 6) is -1.88. The van der Waals surface area contributed by atoms with Gasteiger partial charge in [-0.25, -0.2) is 8.78 Å². The summed E-state index contributed by atoms with van der Waals surface area (Å²) < 4.78 is 26.9. The molecule has 0 saturated carbocycles. The van der Waals surface area contributed by atoms with E-state index in [1.165, 1.54) is 6.07 Å². The van der Waals surface area contributed by atoms with Crippen molar-refractivity contribution in [2.24, 2.45) is 0 Å². The minimum atomic E-state index is -0.744. The van der Waals surface area contributed by atoms with Crippen molar-refractivity contribution in [3.63, 3.8) is 0 Å². The van der Waals surface area contributed by atoms with Gasteiger partial charge in [-0.1, -0.05) is 35.9 Å². The van der Waals surface area contributed by atoms with E-state index >= 15 is 0 Å². The summed E-state index contributed by atoms with van der Waals surface area (Å²) >= 11 is 6.05. The quantitative estimate of drug-likeness (QED) is 0.875. The second-order valence-electron chi connectivity index (χ2n) is 4.76. The molecule has 0 aliphatic heterocycles. The first-order valence-electron chi connectivity index (χ1n) is 6.70. The van der Waals surface area contributed by atoms with Gasteiger partial charge in [-0.05, 0) is 30.7 Å². The molecule has 0 spiro atoms. The summed E-state index contributed by atoms with van der Waals surface area (Å²) in [5, 5.41) is 5.72. The lowest BCUT2D eigenvalue weighted by Gasteiger charge is -2.16. The van der Waals surface area contributed by atoms with Crippen LogP contribution in [0.25, 0.3) is 0 Å². The molecular formula is C16H15ClF2N2O. The van der Waals surface area contributed by atoms with Gasteiger partial charge in [0.25, 0.3) is 0 Å². The van der Waals surface area contributed by atoms with Gasteiger partial charge in [0.15, 0.2) is 0 Å². The van der Waals surface area contributed by atoms with Crippen LogP contribution in [-0.2, 0) is 4.79 Å². The largest absolute Gasteiger partial charge is 0.371 e. The highest BCUT2D eigenvalue weighted by atomic mass is 35.5. The summed E-state index contributed by atoms with van der Waals surface area (Å²) in [4.78, 5) is 11.9. The molecule has 1 amide bonds. The van der Waals surface area contributed by atoms with E-state index in [-0.39, 0.29) is 18.3 Å². The van der Waals surface area contributed by atoms with Crippen LogP contribution in [0.4, 0.5) is 14.5 Å². The molecule has 2 rings (SSSR count). The van der Waals surface area contributed by atoms with E-state index in [4.69, 9.17) is 11.6 Å². The Morgan fingerprint density at radius 1 is 1.14 bits per heavy atom. The minimum Gasteiger partial charge on any atom is -0.371 e. The molecule has 0 fully saturated rings. The molecule has 116 valence electrons. The van der Waals surface area contributed by atoms with Crippen molar-refractivity contribution in [2.45, 2.75) is 13.0 Å². The number of hydrogen-bond acceptors (Lipinski definition) is 2. The van der Waals surface area contributed by atoms with Crippen LogP contribution in [0.3, 0.4) is 0 Å². The highest BCUT2D eigenvalue weighted by Gasteiger charge is 2.13. The number of para-hydroxylation sites is 1. The summed E-state index contributed by atoms with van der Waals surface area (Å²) in [6, 6.07) is 10.3. The first-order valence-corrected chi connectivity index (χ1v) is 7.08. The second kappa shape index (κ2) is 7.22. The van der Waals surface area contributed by atoms with E-state index in [0.29, 0.717) is 5.02 Å². The summed E-state index contributed by atoms with van der Waals surface area (Å²) in [7, 11) is 0. The first-order chi connectivity index (χ1) is 10.5. The third kappa shape index (κ3) is 3.95. The molecular weight excluding hydrogens is 310 g/mol. The van der Waals surface area contributed by atoms with Crippen molar-refractivity contribution < 1.29 is 13.6 Å². The standard InChI is InChI=1S/C16H15ClF2N2O/c1-10(11-5-2-3-6-12(11)17)21-15(22)9-20-16-13(18)7-4-8-14(16)19/h2-8,10,20H,9H2,1H3,(H,21,22). The van der Waals surface area contributed by atoms with Crippen molar-refractivity contribution in [3.8, 4) is 0 Å². The molecule has 2 aromatic carbocycles. The van der Waals surface area contributed by atoms with E-state index in [1.807, 2.05) is 6.07 Å². The Balaban J connectivity index is 1.95. The average Bonchev–Trinajstić information content (AvgIpc) is 2.47. The van der Waals surface area contributed by atoms with Gasteiger partial charge in [-0.15, -0.1) is 0 Å². The summed E-state index contributed by atoms with van der Waals surface area (Å²) in [6.07, 6.45) is 0. The molecule has 0 aliphatic rings. The Labute approximate surface area is 132 Å². The topological polar surface area (TPSA) is 41.1 Å². The van der Waals surface area contributed by atoms with Crippen molar-refractivity contribution in [1.29, 1.82) is 0 Å². The molecule has 0 heterocycles. The van der Waals surface area contributed by atoms with Crippen LogP contribution in [0, 0.1) is 11.6 Å². The average molecular weight is 325 g/mol. The SMILES string of the molecule is CC(NC(=O)CNc1c(F)cccc1F)c1ccccc1Cl. The summed E-state index contributed by atoms with van der Waals surface area (Å²) in [6.45, 7) is 1.54. The van der Waals surface area contributed by atoms with Crippen molar-refractivity contribution in [1.82, 2.24) is 5.32 Å². The van der Waals surface area contributed by atoms with Gasteiger partial charge in [-0.3, -0.25) is 4.79 Å². The predicted octanol–water partition coefficient (Wildman–Crippen LogP) is 3.91. The Kier molecular flexibility index (Phi) is 5.33. The van der Waals surface area contributed by atoms with Crippen molar-refractivity contribution in [2.75, 3.05) is 11.9 Å². The molecule has 22 heavy (non-hydrogen) atoms. The fourth-order valence-electron chi connectivity index (χ4n) is 2.03. The Morgan fingerprint density at radius 2 is 1.77 bits per heavy atom. The van der Waals surface area contributed by atoms with Crippen LogP contribution in [0.2, 0.25) is 5.02 Å². The number of hydrogen-bond donors (Lipinski definition) is 2. The van der Waals surface area contributed by atoms with Crippen LogP contribution in [0.15, 0.2) is 42.5 Å². The molecule has 0 saturated heterocycles.